The average Bonchev–Trinajstić information content (AvgIpc) is 2.33. The third kappa shape index (κ3) is 6.75. The first kappa shape index (κ1) is 16.8. The molecule has 1 rings (SSSR count). The number of ether oxygens (including phenoxy) is 1. The summed E-state index contributed by atoms with van der Waals surface area (Å²) < 4.78 is 5.37. The highest BCUT2D eigenvalue weighted by atomic mass is 16.6. The number of hydrogen-bond donors (Lipinski definition) is 2. The van der Waals surface area contributed by atoms with E-state index in [0.717, 1.165) is 25.9 Å². The first-order valence-electron chi connectivity index (χ1n) is 7.18. The lowest BCUT2D eigenvalue weighted by atomic mass is 9.98. The molecule has 0 spiro atoms. The third-order valence-corrected chi connectivity index (χ3v) is 3.12. The Balaban J connectivity index is 2.31. The minimum absolute atomic E-state index is 0.127. The van der Waals surface area contributed by atoms with Crippen LogP contribution in [0.1, 0.15) is 40.0 Å². The van der Waals surface area contributed by atoms with Crippen molar-refractivity contribution >= 4 is 12.1 Å². The van der Waals surface area contributed by atoms with E-state index >= 15 is 0 Å². The molecule has 0 bridgehead atoms. The number of carboxylic acid groups (broad SMARTS) is 1. The molecular formula is C14H26N2O4. The maximum atomic E-state index is 12.0. The molecular weight excluding hydrogens is 260 g/mol. The first-order chi connectivity index (χ1) is 9.28. The summed E-state index contributed by atoms with van der Waals surface area (Å²) in [5, 5.41) is 11.7. The summed E-state index contributed by atoms with van der Waals surface area (Å²) in [7, 11) is 0. The van der Waals surface area contributed by atoms with Crippen molar-refractivity contribution in [1.82, 2.24) is 10.2 Å². The first-order valence-corrected chi connectivity index (χ1v) is 7.18. The van der Waals surface area contributed by atoms with Crippen molar-refractivity contribution in [3.8, 4) is 0 Å². The fourth-order valence-corrected chi connectivity index (χ4v) is 2.23. The molecule has 1 atom stereocenters. The lowest BCUT2D eigenvalue weighted by Gasteiger charge is -2.34. The Bertz CT molecular complexity index is 339. The molecule has 1 fully saturated rings. The predicted octanol–water partition coefficient (Wildman–Crippen LogP) is 1.70. The number of rotatable bonds is 5. The number of carbonyl (C=O) groups excluding carboxylic acids is 1. The van der Waals surface area contributed by atoms with Crippen molar-refractivity contribution in [3.63, 3.8) is 0 Å². The van der Waals surface area contributed by atoms with Gasteiger partial charge in [0.2, 0.25) is 0 Å². The maximum Gasteiger partial charge on any atom is 0.410 e. The van der Waals surface area contributed by atoms with Crippen LogP contribution in [0.5, 0.6) is 0 Å². The summed E-state index contributed by atoms with van der Waals surface area (Å²) in [5.74, 6) is -0.429. The van der Waals surface area contributed by atoms with Gasteiger partial charge in [-0.2, -0.15) is 0 Å². The van der Waals surface area contributed by atoms with Crippen LogP contribution in [-0.4, -0.2) is 53.8 Å². The van der Waals surface area contributed by atoms with Crippen LogP contribution in [0, 0.1) is 5.92 Å². The fraction of sp³-hybridized carbons (Fsp3) is 0.857. The SMILES string of the molecule is CC(C)(C)OC(=O)N1CCCC(CNCCC(=O)O)C1. The average molecular weight is 286 g/mol. The summed E-state index contributed by atoms with van der Waals surface area (Å²) >= 11 is 0. The van der Waals surface area contributed by atoms with Gasteiger partial charge in [-0.25, -0.2) is 4.79 Å². The molecule has 1 aliphatic heterocycles. The number of aliphatic carboxylic acids is 1. The molecule has 2 N–H and O–H groups in total. The Morgan fingerprint density at radius 2 is 2.10 bits per heavy atom. The van der Waals surface area contributed by atoms with E-state index < -0.39 is 11.6 Å². The van der Waals surface area contributed by atoms with Crippen LogP contribution in [-0.2, 0) is 9.53 Å². The van der Waals surface area contributed by atoms with Gasteiger partial charge >= 0.3 is 12.1 Å². The van der Waals surface area contributed by atoms with Crippen LogP contribution >= 0.6 is 0 Å². The number of carboxylic acids is 1. The molecule has 0 aromatic heterocycles. The van der Waals surface area contributed by atoms with E-state index in [1.165, 1.54) is 0 Å². The number of carbonyl (C=O) groups is 2. The van der Waals surface area contributed by atoms with Gasteiger partial charge in [-0.3, -0.25) is 4.79 Å². The predicted molar refractivity (Wildman–Crippen MR) is 75.7 cm³/mol. The van der Waals surface area contributed by atoms with Crippen LogP contribution in [0.2, 0.25) is 0 Å². The van der Waals surface area contributed by atoms with Crippen LogP contribution in [0.15, 0.2) is 0 Å². The molecule has 1 amide bonds. The van der Waals surface area contributed by atoms with Gasteiger partial charge in [-0.15, -0.1) is 0 Å². The molecule has 0 radical (unpaired) electrons. The monoisotopic (exact) mass is 286 g/mol. The second kappa shape index (κ2) is 7.47. The van der Waals surface area contributed by atoms with Gasteiger partial charge in [0.1, 0.15) is 5.60 Å². The van der Waals surface area contributed by atoms with Gasteiger partial charge < -0.3 is 20.1 Å². The van der Waals surface area contributed by atoms with Crippen molar-refractivity contribution < 1.29 is 19.4 Å². The molecule has 0 saturated carbocycles. The minimum Gasteiger partial charge on any atom is -0.481 e. The van der Waals surface area contributed by atoms with Crippen molar-refractivity contribution in [2.24, 2.45) is 5.92 Å². The lowest BCUT2D eigenvalue weighted by molar-refractivity contribution is -0.136. The number of piperidine rings is 1. The quantitative estimate of drug-likeness (QED) is 0.752. The molecule has 1 unspecified atom stereocenters. The van der Waals surface area contributed by atoms with Gasteiger partial charge in [0.25, 0.3) is 0 Å². The summed E-state index contributed by atoms with van der Waals surface area (Å²) in [6.45, 7) is 8.21. The zero-order valence-corrected chi connectivity index (χ0v) is 12.6. The zero-order chi connectivity index (χ0) is 15.2. The molecule has 1 aliphatic rings. The van der Waals surface area contributed by atoms with Crippen molar-refractivity contribution in [2.75, 3.05) is 26.2 Å². The van der Waals surface area contributed by atoms with Crippen LogP contribution in [0.4, 0.5) is 4.79 Å². The number of nitrogens with zero attached hydrogens (tertiary/aromatic N) is 1. The van der Waals surface area contributed by atoms with Crippen molar-refractivity contribution in [1.29, 1.82) is 0 Å². The summed E-state index contributed by atoms with van der Waals surface area (Å²) in [4.78, 5) is 24.1. The highest BCUT2D eigenvalue weighted by Gasteiger charge is 2.27. The zero-order valence-electron chi connectivity index (χ0n) is 12.6. The molecule has 1 saturated heterocycles. The number of hydrogen-bond acceptors (Lipinski definition) is 4. The molecule has 0 aromatic rings. The number of nitrogens with one attached hydrogen (secondary N) is 1. The van der Waals surface area contributed by atoms with Gasteiger partial charge in [-0.1, -0.05) is 0 Å². The maximum absolute atomic E-state index is 12.0. The number of amides is 1. The van der Waals surface area contributed by atoms with Crippen molar-refractivity contribution in [2.45, 2.75) is 45.6 Å². The molecule has 20 heavy (non-hydrogen) atoms. The van der Waals surface area contributed by atoms with Gasteiger partial charge in [0.15, 0.2) is 0 Å². The lowest BCUT2D eigenvalue weighted by Crippen LogP contribution is -2.45. The highest BCUT2D eigenvalue weighted by Crippen LogP contribution is 2.18. The van der Waals surface area contributed by atoms with E-state index in [1.807, 2.05) is 20.8 Å². The Morgan fingerprint density at radius 3 is 2.70 bits per heavy atom. The van der Waals surface area contributed by atoms with E-state index in [9.17, 15) is 9.59 Å². The Morgan fingerprint density at radius 1 is 1.40 bits per heavy atom. The molecule has 0 aromatic carbocycles. The summed E-state index contributed by atoms with van der Waals surface area (Å²) in [6, 6.07) is 0. The van der Waals surface area contributed by atoms with Gasteiger partial charge in [0.05, 0.1) is 6.42 Å². The third-order valence-electron chi connectivity index (χ3n) is 3.12. The highest BCUT2D eigenvalue weighted by molar-refractivity contribution is 5.68. The normalized spacial score (nSPS) is 19.8. The van der Waals surface area contributed by atoms with Gasteiger partial charge in [-0.05, 0) is 46.1 Å². The molecule has 116 valence electrons. The van der Waals surface area contributed by atoms with E-state index in [-0.39, 0.29) is 12.5 Å². The topological polar surface area (TPSA) is 78.9 Å². The van der Waals surface area contributed by atoms with Crippen LogP contribution in [0.3, 0.4) is 0 Å². The largest absolute Gasteiger partial charge is 0.481 e. The minimum atomic E-state index is -0.795. The van der Waals surface area contributed by atoms with Crippen LogP contribution < -0.4 is 5.32 Å². The van der Waals surface area contributed by atoms with Crippen LogP contribution in [0.25, 0.3) is 0 Å². The Kier molecular flexibility index (Phi) is 6.26. The summed E-state index contributed by atoms with van der Waals surface area (Å²) in [5.41, 5.74) is -0.468. The molecule has 6 nitrogen and oxygen atoms in total. The van der Waals surface area contributed by atoms with E-state index in [4.69, 9.17) is 9.84 Å². The fourth-order valence-electron chi connectivity index (χ4n) is 2.23. The van der Waals surface area contributed by atoms with Crippen molar-refractivity contribution in [3.05, 3.63) is 0 Å². The second-order valence-electron chi connectivity index (χ2n) is 6.28. The summed E-state index contributed by atoms with van der Waals surface area (Å²) in [6.07, 6.45) is 1.89. The van der Waals surface area contributed by atoms with E-state index in [2.05, 4.69) is 5.32 Å². The molecule has 0 aliphatic carbocycles. The molecule has 1 heterocycles. The Labute approximate surface area is 120 Å². The number of likely N-dealkylation sites (tertiary alicyclic amines) is 1. The second-order valence-corrected chi connectivity index (χ2v) is 6.28. The van der Waals surface area contributed by atoms with Gasteiger partial charge in [0, 0.05) is 19.6 Å². The van der Waals surface area contributed by atoms with E-state index in [1.54, 1.807) is 4.90 Å². The van der Waals surface area contributed by atoms with E-state index in [0.29, 0.717) is 19.0 Å². The Hall–Kier alpha value is -1.30. The molecule has 6 heteroatoms. The standard InChI is InChI=1S/C14H26N2O4/c1-14(2,3)20-13(19)16-8-4-5-11(10-16)9-15-7-6-12(17)18/h11,15H,4-10H2,1-3H3,(H,17,18). The smallest absolute Gasteiger partial charge is 0.410 e.